The molecule has 1 saturated heterocycles. The maximum atomic E-state index is 11.3. The maximum Gasteiger partial charge on any atom is 0.238 e. The fourth-order valence-electron chi connectivity index (χ4n) is 3.03. The molecule has 0 bridgehead atoms. The molecule has 26 heavy (non-hydrogen) atoms. The molecule has 0 spiro atoms. The van der Waals surface area contributed by atoms with Crippen molar-refractivity contribution in [3.8, 4) is 0 Å². The van der Waals surface area contributed by atoms with Crippen LogP contribution in [0.25, 0.3) is 0 Å². The summed E-state index contributed by atoms with van der Waals surface area (Å²) < 4.78 is 0. The summed E-state index contributed by atoms with van der Waals surface area (Å²) in [6.07, 6.45) is 4.16. The van der Waals surface area contributed by atoms with Crippen LogP contribution in [0, 0.1) is 0 Å². The minimum atomic E-state index is -0.176. The number of rotatable bonds is 6. The number of nitrogens with two attached hydrogens (primary N) is 1. The van der Waals surface area contributed by atoms with Crippen LogP contribution in [-0.4, -0.2) is 37.1 Å². The highest BCUT2D eigenvalue weighted by Crippen LogP contribution is 2.15. The number of pyridine rings is 1. The van der Waals surface area contributed by atoms with Gasteiger partial charge in [0.05, 0.1) is 6.42 Å². The van der Waals surface area contributed by atoms with Crippen molar-refractivity contribution < 1.29 is 4.79 Å². The van der Waals surface area contributed by atoms with E-state index in [1.54, 1.807) is 0 Å². The molecule has 1 aromatic heterocycles. The van der Waals surface area contributed by atoms with Gasteiger partial charge in [0.15, 0.2) is 0 Å². The predicted molar refractivity (Wildman–Crippen MR) is 106 cm³/mol. The Morgan fingerprint density at radius 1 is 1.08 bits per heavy atom. The number of aromatic nitrogens is 1. The van der Waals surface area contributed by atoms with Crippen LogP contribution in [0.15, 0.2) is 42.6 Å². The molecule has 0 saturated carbocycles. The first-order valence-corrected chi connectivity index (χ1v) is 8.72. The Labute approximate surface area is 155 Å². The molecule has 4 N–H and O–H groups in total. The number of aryl methyl sites for hydroxylation is 2. The van der Waals surface area contributed by atoms with Gasteiger partial charge in [-0.3, -0.25) is 10.2 Å². The zero-order chi connectivity index (χ0) is 17.5. The van der Waals surface area contributed by atoms with Gasteiger partial charge in [-0.1, -0.05) is 31.7 Å². The molecule has 0 atom stereocenters. The molecule has 2 aromatic rings. The van der Waals surface area contributed by atoms with E-state index in [1.807, 2.05) is 18.3 Å². The quantitative estimate of drug-likeness (QED) is 0.415. The number of benzene rings is 1. The zero-order valence-corrected chi connectivity index (χ0v) is 14.4. The van der Waals surface area contributed by atoms with Crippen LogP contribution < -0.4 is 21.5 Å². The zero-order valence-electron chi connectivity index (χ0n) is 14.4. The molecule has 0 aliphatic carbocycles. The maximum absolute atomic E-state index is 11.3. The van der Waals surface area contributed by atoms with Crippen molar-refractivity contribution in [2.45, 2.75) is 26.7 Å². The van der Waals surface area contributed by atoms with Gasteiger partial charge in [0.2, 0.25) is 5.91 Å². The average Bonchev–Trinajstić information content (AvgIpc) is 2.68. The highest BCUT2D eigenvalue weighted by molar-refractivity contribution is 5.77. The molecular formula is C20H29N5O. The third-order valence-corrected chi connectivity index (χ3v) is 4.50. The van der Waals surface area contributed by atoms with E-state index < -0.39 is 0 Å². The molecule has 2 heterocycles. The van der Waals surface area contributed by atoms with Gasteiger partial charge in [0.25, 0.3) is 0 Å². The number of carbonyl (C=O) groups is 1. The Morgan fingerprint density at radius 3 is 2.42 bits per heavy atom. The Bertz CT molecular complexity index is 696. The number of piperazine rings is 1. The summed E-state index contributed by atoms with van der Waals surface area (Å²) >= 11 is 0. The Morgan fingerprint density at radius 2 is 1.73 bits per heavy atom. The molecule has 3 rings (SSSR count). The largest absolute Gasteiger partial charge is 0.354 e. The number of carbonyl (C=O) groups excluding carboxylic acids is 1. The summed E-state index contributed by atoms with van der Waals surface area (Å²) in [4.78, 5) is 18.1. The van der Waals surface area contributed by atoms with E-state index in [9.17, 15) is 4.79 Å². The van der Waals surface area contributed by atoms with Gasteiger partial charge in [-0.05, 0) is 41.7 Å². The molecule has 140 valence electrons. The van der Waals surface area contributed by atoms with Gasteiger partial charge in [-0.25, -0.2) is 10.8 Å². The van der Waals surface area contributed by atoms with Gasteiger partial charge >= 0.3 is 0 Å². The lowest BCUT2D eigenvalue weighted by Crippen LogP contribution is -2.43. The summed E-state index contributed by atoms with van der Waals surface area (Å²) in [5.74, 6) is 6.01. The SMILES string of the molecule is C.NNC(=O)Cc1ccc(CCc2ccnc(N3CCNCC3)c2)cc1. The average molecular weight is 355 g/mol. The first kappa shape index (κ1) is 19.9. The van der Waals surface area contributed by atoms with Crippen molar-refractivity contribution in [1.29, 1.82) is 0 Å². The van der Waals surface area contributed by atoms with Gasteiger partial charge in [-0.15, -0.1) is 0 Å². The second-order valence-electron chi connectivity index (χ2n) is 6.32. The topological polar surface area (TPSA) is 83.3 Å². The first-order valence-electron chi connectivity index (χ1n) is 8.72. The van der Waals surface area contributed by atoms with Crippen LogP contribution in [0.4, 0.5) is 5.82 Å². The van der Waals surface area contributed by atoms with Crippen LogP contribution in [0.2, 0.25) is 0 Å². The Hall–Kier alpha value is -2.44. The van der Waals surface area contributed by atoms with E-state index in [4.69, 9.17) is 5.84 Å². The van der Waals surface area contributed by atoms with Crippen molar-refractivity contribution in [1.82, 2.24) is 15.7 Å². The van der Waals surface area contributed by atoms with Crippen molar-refractivity contribution >= 4 is 11.7 Å². The number of nitrogens with zero attached hydrogens (tertiary/aromatic N) is 2. The van der Waals surface area contributed by atoms with E-state index in [0.717, 1.165) is 50.4 Å². The molecule has 1 aliphatic heterocycles. The summed E-state index contributed by atoms with van der Waals surface area (Å²) in [5, 5.41) is 3.36. The lowest BCUT2D eigenvalue weighted by atomic mass is 10.0. The fraction of sp³-hybridized carbons (Fsp3) is 0.400. The van der Waals surface area contributed by atoms with Gasteiger partial charge in [0, 0.05) is 32.4 Å². The van der Waals surface area contributed by atoms with Crippen LogP contribution in [0.1, 0.15) is 24.1 Å². The first-order chi connectivity index (χ1) is 12.2. The molecule has 6 heteroatoms. The number of hydrazine groups is 1. The molecule has 1 aliphatic rings. The van der Waals surface area contributed by atoms with Crippen molar-refractivity contribution in [2.75, 3.05) is 31.1 Å². The van der Waals surface area contributed by atoms with E-state index in [2.05, 4.69) is 44.9 Å². The van der Waals surface area contributed by atoms with Crippen LogP contribution in [0.3, 0.4) is 0 Å². The van der Waals surface area contributed by atoms with E-state index >= 15 is 0 Å². The third kappa shape index (κ3) is 5.54. The van der Waals surface area contributed by atoms with Crippen molar-refractivity contribution in [3.63, 3.8) is 0 Å². The lowest BCUT2D eigenvalue weighted by molar-refractivity contribution is -0.120. The van der Waals surface area contributed by atoms with Crippen LogP contribution in [-0.2, 0) is 24.1 Å². The van der Waals surface area contributed by atoms with E-state index in [-0.39, 0.29) is 13.3 Å². The minimum absolute atomic E-state index is 0. The van der Waals surface area contributed by atoms with Gasteiger partial charge < -0.3 is 10.2 Å². The highest BCUT2D eigenvalue weighted by Gasteiger charge is 2.11. The Balaban J connectivity index is 0.00000243. The summed E-state index contributed by atoms with van der Waals surface area (Å²) in [7, 11) is 0. The summed E-state index contributed by atoms with van der Waals surface area (Å²) in [6.45, 7) is 4.05. The van der Waals surface area contributed by atoms with E-state index in [1.165, 1.54) is 11.1 Å². The van der Waals surface area contributed by atoms with E-state index in [0.29, 0.717) is 6.42 Å². The molecule has 6 nitrogen and oxygen atoms in total. The fourth-order valence-corrected chi connectivity index (χ4v) is 3.03. The third-order valence-electron chi connectivity index (χ3n) is 4.50. The highest BCUT2D eigenvalue weighted by atomic mass is 16.2. The number of nitrogens with one attached hydrogen (secondary N) is 2. The lowest BCUT2D eigenvalue weighted by Gasteiger charge is -2.28. The summed E-state index contributed by atoms with van der Waals surface area (Å²) in [5.41, 5.74) is 5.69. The Kier molecular flexibility index (Phi) is 7.56. The van der Waals surface area contributed by atoms with Crippen LogP contribution in [0.5, 0.6) is 0 Å². The van der Waals surface area contributed by atoms with Crippen LogP contribution >= 0.6 is 0 Å². The van der Waals surface area contributed by atoms with Gasteiger partial charge in [0.1, 0.15) is 5.82 Å². The molecule has 1 amide bonds. The van der Waals surface area contributed by atoms with Gasteiger partial charge in [-0.2, -0.15) is 0 Å². The number of anilines is 1. The molecule has 0 radical (unpaired) electrons. The molecule has 0 unspecified atom stereocenters. The monoisotopic (exact) mass is 355 g/mol. The summed E-state index contributed by atoms with van der Waals surface area (Å²) in [6, 6.07) is 12.4. The standard InChI is InChI=1S/C19H25N5O.CH4/c20-23-19(25)14-16-4-1-15(2-5-16)3-6-17-7-8-22-18(13-17)24-11-9-21-10-12-24;/h1-2,4-5,7-8,13,21H,3,6,9-12,14,20H2,(H,23,25);1H4. The predicted octanol–water partition coefficient (Wildman–Crippen LogP) is 1.44. The van der Waals surface area contributed by atoms with Crippen molar-refractivity contribution in [2.24, 2.45) is 5.84 Å². The second-order valence-corrected chi connectivity index (χ2v) is 6.32. The number of amides is 1. The molecular weight excluding hydrogens is 326 g/mol. The second kappa shape index (κ2) is 9.89. The van der Waals surface area contributed by atoms with Crippen molar-refractivity contribution in [3.05, 3.63) is 59.3 Å². The minimum Gasteiger partial charge on any atom is -0.354 e. The number of hydrogen-bond acceptors (Lipinski definition) is 5. The number of hydrogen-bond donors (Lipinski definition) is 3. The smallest absolute Gasteiger partial charge is 0.238 e. The normalized spacial score (nSPS) is 13.8. The molecule has 1 aromatic carbocycles. The molecule has 1 fully saturated rings.